The van der Waals surface area contributed by atoms with Crippen LogP contribution in [0.15, 0.2) is 29.4 Å². The summed E-state index contributed by atoms with van der Waals surface area (Å²) >= 11 is 0. The Hall–Kier alpha value is -2.96. The number of fused-ring (bicyclic) bond motifs is 1. The number of carbonyl (C=O) groups is 2. The Morgan fingerprint density at radius 3 is 2.75 bits per heavy atom. The topological polar surface area (TPSA) is 96.4 Å². The number of hydrogen-bond donors (Lipinski definition) is 2. The molecule has 0 radical (unpaired) electrons. The van der Waals surface area contributed by atoms with Crippen molar-refractivity contribution in [1.29, 1.82) is 0 Å². The fourth-order valence-corrected chi connectivity index (χ4v) is 2.71. The lowest BCUT2D eigenvalue weighted by atomic mass is 9.96. The van der Waals surface area contributed by atoms with Gasteiger partial charge in [0.05, 0.1) is 18.9 Å². The zero-order chi connectivity index (χ0) is 16.9. The average Bonchev–Trinajstić information content (AvgIpc) is 3.06. The molecule has 124 valence electrons. The summed E-state index contributed by atoms with van der Waals surface area (Å²) in [6.07, 6.45) is 5.51. The molecule has 0 unspecified atom stereocenters. The van der Waals surface area contributed by atoms with E-state index in [1.54, 1.807) is 24.3 Å². The summed E-state index contributed by atoms with van der Waals surface area (Å²) < 4.78 is 4.64. The maximum absolute atomic E-state index is 12.2. The van der Waals surface area contributed by atoms with Crippen molar-refractivity contribution >= 4 is 18.1 Å². The van der Waals surface area contributed by atoms with Crippen LogP contribution in [0.4, 0.5) is 0 Å². The molecule has 1 aromatic carbocycles. The highest BCUT2D eigenvalue weighted by atomic mass is 16.5. The van der Waals surface area contributed by atoms with Crippen molar-refractivity contribution in [1.82, 2.24) is 15.6 Å². The van der Waals surface area contributed by atoms with Crippen LogP contribution in [-0.2, 0) is 17.6 Å². The fourth-order valence-electron chi connectivity index (χ4n) is 2.71. The smallest absolute Gasteiger partial charge is 0.337 e. The van der Waals surface area contributed by atoms with Crippen LogP contribution >= 0.6 is 0 Å². The summed E-state index contributed by atoms with van der Waals surface area (Å²) in [5, 5.41) is 11.0. The number of aromatic amines is 1. The lowest BCUT2D eigenvalue weighted by molar-refractivity contribution is 0.0600. The van der Waals surface area contributed by atoms with Gasteiger partial charge in [-0.25, -0.2) is 10.2 Å². The lowest BCUT2D eigenvalue weighted by Crippen LogP contribution is -2.20. The van der Waals surface area contributed by atoms with Crippen molar-refractivity contribution in [3.63, 3.8) is 0 Å². The monoisotopic (exact) mass is 326 g/mol. The standard InChI is InChI=1S/C17H18N4O3/c1-24-17(23)12-8-6-11(7-9-12)10-18-21-16(22)15-13-4-2-3-5-14(13)19-20-15/h6-10H,2-5H2,1H3,(H,19,20)(H,21,22)/b18-10+. The Balaban J connectivity index is 1.63. The van der Waals surface area contributed by atoms with E-state index in [9.17, 15) is 9.59 Å². The highest BCUT2D eigenvalue weighted by Crippen LogP contribution is 2.21. The van der Waals surface area contributed by atoms with Crippen molar-refractivity contribution in [2.45, 2.75) is 25.7 Å². The molecule has 1 amide bonds. The molecule has 0 bridgehead atoms. The third kappa shape index (κ3) is 3.34. The van der Waals surface area contributed by atoms with Gasteiger partial charge in [0.1, 0.15) is 0 Å². The van der Waals surface area contributed by atoms with Gasteiger partial charge in [0.15, 0.2) is 5.69 Å². The molecule has 0 saturated heterocycles. The number of hydrogen-bond acceptors (Lipinski definition) is 5. The Bertz CT molecular complexity index is 778. The second kappa shape index (κ2) is 7.08. The van der Waals surface area contributed by atoms with Gasteiger partial charge in [-0.15, -0.1) is 0 Å². The van der Waals surface area contributed by atoms with Crippen molar-refractivity contribution in [2.24, 2.45) is 5.10 Å². The molecular weight excluding hydrogens is 308 g/mol. The molecule has 0 saturated carbocycles. The molecule has 0 spiro atoms. The van der Waals surface area contributed by atoms with Gasteiger partial charge < -0.3 is 4.74 Å². The van der Waals surface area contributed by atoms with Gasteiger partial charge in [0.25, 0.3) is 5.91 Å². The number of benzene rings is 1. The number of esters is 1. The third-order valence-corrected chi connectivity index (χ3v) is 3.98. The van der Waals surface area contributed by atoms with Gasteiger partial charge in [0.2, 0.25) is 0 Å². The van der Waals surface area contributed by atoms with E-state index in [0.717, 1.165) is 42.5 Å². The molecule has 0 fully saturated rings. The number of methoxy groups -OCH3 is 1. The van der Waals surface area contributed by atoms with E-state index in [1.165, 1.54) is 13.3 Å². The van der Waals surface area contributed by atoms with Crippen LogP contribution in [0.5, 0.6) is 0 Å². The molecule has 1 aliphatic rings. The third-order valence-electron chi connectivity index (χ3n) is 3.98. The van der Waals surface area contributed by atoms with Gasteiger partial charge in [-0.05, 0) is 43.4 Å². The normalized spacial score (nSPS) is 13.5. The molecule has 2 aromatic rings. The predicted molar refractivity (Wildman–Crippen MR) is 88.1 cm³/mol. The van der Waals surface area contributed by atoms with E-state index >= 15 is 0 Å². The highest BCUT2D eigenvalue weighted by Gasteiger charge is 2.21. The van der Waals surface area contributed by atoms with Crippen LogP contribution in [0.1, 0.15) is 50.5 Å². The van der Waals surface area contributed by atoms with E-state index in [-0.39, 0.29) is 5.91 Å². The SMILES string of the molecule is COC(=O)c1ccc(/C=N/NC(=O)c2n[nH]c3c2CCCC3)cc1. The Morgan fingerprint density at radius 2 is 2.00 bits per heavy atom. The van der Waals surface area contributed by atoms with Crippen molar-refractivity contribution in [2.75, 3.05) is 7.11 Å². The van der Waals surface area contributed by atoms with E-state index in [4.69, 9.17) is 0 Å². The molecule has 1 heterocycles. The van der Waals surface area contributed by atoms with E-state index in [2.05, 4.69) is 25.5 Å². The van der Waals surface area contributed by atoms with E-state index in [0.29, 0.717) is 11.3 Å². The Labute approximate surface area is 139 Å². The quantitative estimate of drug-likeness (QED) is 0.509. The summed E-state index contributed by atoms with van der Waals surface area (Å²) in [5.74, 6) is -0.716. The van der Waals surface area contributed by atoms with Crippen LogP contribution in [0.2, 0.25) is 0 Å². The zero-order valence-corrected chi connectivity index (χ0v) is 13.3. The summed E-state index contributed by atoms with van der Waals surface area (Å²) in [6.45, 7) is 0. The van der Waals surface area contributed by atoms with Crippen molar-refractivity contribution in [3.05, 3.63) is 52.3 Å². The van der Waals surface area contributed by atoms with Crippen LogP contribution in [0.3, 0.4) is 0 Å². The lowest BCUT2D eigenvalue weighted by Gasteiger charge is -2.10. The first-order valence-electron chi connectivity index (χ1n) is 7.77. The number of aromatic nitrogens is 2. The zero-order valence-electron chi connectivity index (χ0n) is 13.3. The first-order valence-corrected chi connectivity index (χ1v) is 7.77. The van der Waals surface area contributed by atoms with Gasteiger partial charge in [-0.1, -0.05) is 12.1 Å². The van der Waals surface area contributed by atoms with Gasteiger partial charge in [-0.3, -0.25) is 9.89 Å². The number of carbonyl (C=O) groups excluding carboxylic acids is 2. The molecule has 7 nitrogen and oxygen atoms in total. The van der Waals surface area contributed by atoms with E-state index < -0.39 is 5.97 Å². The maximum Gasteiger partial charge on any atom is 0.337 e. The minimum Gasteiger partial charge on any atom is -0.465 e. The average molecular weight is 326 g/mol. The van der Waals surface area contributed by atoms with Crippen LogP contribution in [0.25, 0.3) is 0 Å². The number of nitrogens with one attached hydrogen (secondary N) is 2. The molecule has 24 heavy (non-hydrogen) atoms. The number of aryl methyl sites for hydroxylation is 1. The number of nitrogens with zero attached hydrogens (tertiary/aromatic N) is 2. The molecule has 0 atom stereocenters. The minimum absolute atomic E-state index is 0.322. The van der Waals surface area contributed by atoms with Crippen molar-refractivity contribution in [3.8, 4) is 0 Å². The van der Waals surface area contributed by atoms with Crippen LogP contribution in [0, 0.1) is 0 Å². The van der Waals surface area contributed by atoms with Crippen LogP contribution < -0.4 is 5.43 Å². The summed E-state index contributed by atoms with van der Waals surface area (Å²) in [7, 11) is 1.33. The largest absolute Gasteiger partial charge is 0.465 e. The first-order chi connectivity index (χ1) is 11.7. The second-order valence-electron chi connectivity index (χ2n) is 5.55. The Kier molecular flexibility index (Phi) is 4.69. The number of amides is 1. The second-order valence-corrected chi connectivity index (χ2v) is 5.55. The molecule has 3 rings (SSSR count). The first kappa shape index (κ1) is 15.9. The molecule has 1 aliphatic carbocycles. The highest BCUT2D eigenvalue weighted by molar-refractivity contribution is 5.95. The van der Waals surface area contributed by atoms with Gasteiger partial charge in [-0.2, -0.15) is 10.2 Å². The summed E-state index contributed by atoms with van der Waals surface area (Å²) in [5.41, 5.74) is 6.17. The van der Waals surface area contributed by atoms with E-state index in [1.807, 2.05) is 0 Å². The molecule has 1 aromatic heterocycles. The van der Waals surface area contributed by atoms with Crippen LogP contribution in [-0.4, -0.2) is 35.4 Å². The number of ether oxygens (including phenoxy) is 1. The summed E-state index contributed by atoms with van der Waals surface area (Å²) in [4.78, 5) is 23.5. The van der Waals surface area contributed by atoms with Gasteiger partial charge >= 0.3 is 5.97 Å². The number of H-pyrrole nitrogens is 1. The minimum atomic E-state index is -0.393. The molecule has 0 aliphatic heterocycles. The number of hydrazone groups is 1. The summed E-state index contributed by atoms with van der Waals surface area (Å²) in [6, 6.07) is 6.72. The number of rotatable bonds is 4. The fraction of sp³-hybridized carbons (Fsp3) is 0.294. The molecular formula is C17H18N4O3. The molecule has 7 heteroatoms. The maximum atomic E-state index is 12.2. The predicted octanol–water partition coefficient (Wildman–Crippen LogP) is 1.84. The van der Waals surface area contributed by atoms with Crippen molar-refractivity contribution < 1.29 is 14.3 Å². The molecule has 2 N–H and O–H groups in total. The Morgan fingerprint density at radius 1 is 1.25 bits per heavy atom. The van der Waals surface area contributed by atoms with Gasteiger partial charge in [0, 0.05) is 11.3 Å².